The number of likely N-dealkylation sites (N-methyl/N-ethyl adjacent to an activating group) is 1. The first kappa shape index (κ1) is 21.4. The largest absolute Gasteiger partial charge is 0.395 e. The van der Waals surface area contributed by atoms with E-state index in [-0.39, 0.29) is 30.8 Å². The van der Waals surface area contributed by atoms with Crippen molar-refractivity contribution in [2.24, 2.45) is 5.92 Å². The highest BCUT2D eigenvalue weighted by molar-refractivity contribution is 5.85. The van der Waals surface area contributed by atoms with Crippen molar-refractivity contribution in [2.45, 2.75) is 32.2 Å². The summed E-state index contributed by atoms with van der Waals surface area (Å²) in [5, 5.41) is 21.5. The van der Waals surface area contributed by atoms with Crippen LogP contribution in [0.25, 0.3) is 11.3 Å². The third kappa shape index (κ3) is 5.19. The van der Waals surface area contributed by atoms with Gasteiger partial charge in [-0.05, 0) is 31.9 Å². The Hall–Kier alpha value is -3.31. The van der Waals surface area contributed by atoms with Gasteiger partial charge in [-0.3, -0.25) is 19.6 Å². The summed E-state index contributed by atoms with van der Waals surface area (Å²) >= 11 is 0. The number of hydrogen-bond donors (Lipinski definition) is 2. The number of benzene rings is 1. The zero-order valence-electron chi connectivity index (χ0n) is 17.1. The molecule has 1 saturated carbocycles. The molecular formula is C22H25N5O3. The Morgan fingerprint density at radius 3 is 2.70 bits per heavy atom. The number of ketones is 1. The number of aliphatic hydroxyl groups excluding tert-OH is 1. The van der Waals surface area contributed by atoms with Crippen LogP contribution in [0.2, 0.25) is 0 Å². The predicted octanol–water partition coefficient (Wildman–Crippen LogP) is 1.79. The zero-order valence-corrected chi connectivity index (χ0v) is 17.1. The number of carbonyl (C=O) groups excluding carboxylic acids is 2. The van der Waals surface area contributed by atoms with Crippen LogP contribution in [-0.4, -0.2) is 57.9 Å². The number of nitrogens with zero attached hydrogens (tertiary/aromatic N) is 4. The van der Waals surface area contributed by atoms with Crippen LogP contribution in [0.4, 0.5) is 5.69 Å². The van der Waals surface area contributed by atoms with E-state index in [1.54, 1.807) is 44.6 Å². The molecule has 3 rings (SSSR count). The van der Waals surface area contributed by atoms with E-state index in [9.17, 15) is 14.9 Å². The van der Waals surface area contributed by atoms with Gasteiger partial charge < -0.3 is 15.3 Å². The van der Waals surface area contributed by atoms with Gasteiger partial charge in [-0.1, -0.05) is 6.07 Å². The number of Topliss-reactive ketones (excluding diaryl/α,β-unsaturated/α-hetero) is 1. The number of hydrogen-bond acceptors (Lipinski definition) is 7. The molecule has 1 atom stereocenters. The summed E-state index contributed by atoms with van der Waals surface area (Å²) in [6.07, 6.45) is 5.48. The van der Waals surface area contributed by atoms with Crippen molar-refractivity contribution in [1.29, 1.82) is 5.26 Å². The van der Waals surface area contributed by atoms with Crippen LogP contribution in [0.3, 0.4) is 0 Å². The lowest BCUT2D eigenvalue weighted by Crippen LogP contribution is -2.40. The summed E-state index contributed by atoms with van der Waals surface area (Å²) < 4.78 is 0. The van der Waals surface area contributed by atoms with E-state index in [2.05, 4.69) is 21.4 Å². The summed E-state index contributed by atoms with van der Waals surface area (Å²) in [4.78, 5) is 34.5. The fourth-order valence-corrected chi connectivity index (χ4v) is 3.13. The van der Waals surface area contributed by atoms with Crippen molar-refractivity contribution in [3.63, 3.8) is 0 Å². The smallest absolute Gasteiger partial charge is 0.244 e. The molecule has 1 heterocycles. The Morgan fingerprint density at radius 1 is 1.33 bits per heavy atom. The normalized spacial score (nSPS) is 13.9. The molecule has 1 aromatic heterocycles. The number of aliphatic hydroxyl groups is 1. The molecule has 8 heteroatoms. The molecule has 1 fully saturated rings. The molecule has 8 nitrogen and oxygen atoms in total. The lowest BCUT2D eigenvalue weighted by Gasteiger charge is -2.22. The summed E-state index contributed by atoms with van der Waals surface area (Å²) in [7, 11) is 1.61. The molecule has 0 bridgehead atoms. The number of carbonyl (C=O) groups is 2. The van der Waals surface area contributed by atoms with Gasteiger partial charge in [0.2, 0.25) is 5.91 Å². The standard InChI is InChI=1S/C22H25N5O3/c1-14(22(30)27(2)7-8-28)26-19-9-16(5-6-17(19)11-23)20-13-24-18(12-25-20)10-21(29)15-3-4-15/h5-6,9,12-15,26,28H,3-4,7-8,10H2,1-2H3/t14-/m0/s1. The Bertz CT molecular complexity index is 964. The van der Waals surface area contributed by atoms with Gasteiger partial charge >= 0.3 is 0 Å². The Kier molecular flexibility index (Phi) is 6.75. The minimum absolute atomic E-state index is 0.116. The van der Waals surface area contributed by atoms with Crippen molar-refractivity contribution >= 4 is 17.4 Å². The number of amides is 1. The topological polar surface area (TPSA) is 119 Å². The van der Waals surface area contributed by atoms with Crippen molar-refractivity contribution in [3.8, 4) is 17.3 Å². The van der Waals surface area contributed by atoms with Crippen molar-refractivity contribution in [1.82, 2.24) is 14.9 Å². The molecule has 0 spiro atoms. The van der Waals surface area contributed by atoms with Gasteiger partial charge in [0.15, 0.2) is 0 Å². The molecule has 1 aliphatic rings. The van der Waals surface area contributed by atoms with E-state index in [0.29, 0.717) is 29.1 Å². The molecule has 0 radical (unpaired) electrons. The maximum absolute atomic E-state index is 12.4. The summed E-state index contributed by atoms with van der Waals surface area (Å²) in [6.45, 7) is 1.82. The Labute approximate surface area is 175 Å². The lowest BCUT2D eigenvalue weighted by atomic mass is 10.1. The maximum Gasteiger partial charge on any atom is 0.244 e. The van der Waals surface area contributed by atoms with Gasteiger partial charge in [0, 0.05) is 31.3 Å². The van der Waals surface area contributed by atoms with Crippen molar-refractivity contribution in [2.75, 3.05) is 25.5 Å². The Balaban J connectivity index is 1.76. The van der Waals surface area contributed by atoms with Gasteiger partial charge in [-0.25, -0.2) is 0 Å². The molecule has 2 N–H and O–H groups in total. The van der Waals surface area contributed by atoms with E-state index >= 15 is 0 Å². The zero-order chi connectivity index (χ0) is 21.7. The average Bonchev–Trinajstić information content (AvgIpc) is 3.59. The number of nitriles is 1. The highest BCUT2D eigenvalue weighted by Crippen LogP contribution is 2.31. The van der Waals surface area contributed by atoms with E-state index in [1.165, 1.54) is 4.90 Å². The minimum Gasteiger partial charge on any atom is -0.395 e. The molecule has 1 aromatic carbocycles. The second-order valence-electron chi connectivity index (χ2n) is 7.53. The fraction of sp³-hybridized carbons (Fsp3) is 0.409. The third-order valence-corrected chi connectivity index (χ3v) is 5.08. The average molecular weight is 407 g/mol. The van der Waals surface area contributed by atoms with Crippen molar-refractivity contribution < 1.29 is 14.7 Å². The summed E-state index contributed by atoms with van der Waals surface area (Å²) in [5.41, 5.74) is 2.92. The quantitative estimate of drug-likeness (QED) is 0.650. The van der Waals surface area contributed by atoms with E-state index in [4.69, 9.17) is 5.11 Å². The Morgan fingerprint density at radius 2 is 2.10 bits per heavy atom. The third-order valence-electron chi connectivity index (χ3n) is 5.08. The van der Waals surface area contributed by atoms with Crippen LogP contribution in [0.1, 0.15) is 31.0 Å². The minimum atomic E-state index is -0.578. The van der Waals surface area contributed by atoms with Crippen molar-refractivity contribution in [3.05, 3.63) is 41.9 Å². The van der Waals surface area contributed by atoms with Gasteiger partial charge in [-0.15, -0.1) is 0 Å². The van der Waals surface area contributed by atoms with Crippen LogP contribution < -0.4 is 5.32 Å². The highest BCUT2D eigenvalue weighted by atomic mass is 16.3. The second-order valence-corrected chi connectivity index (χ2v) is 7.53. The van der Waals surface area contributed by atoms with E-state index in [1.807, 2.05) is 0 Å². The van der Waals surface area contributed by atoms with Gasteiger partial charge in [0.05, 0.1) is 41.9 Å². The van der Waals surface area contributed by atoms with Gasteiger partial charge in [0.25, 0.3) is 0 Å². The first-order chi connectivity index (χ1) is 14.4. The molecule has 1 aliphatic carbocycles. The van der Waals surface area contributed by atoms with Gasteiger partial charge in [0.1, 0.15) is 17.9 Å². The second kappa shape index (κ2) is 9.46. The van der Waals surface area contributed by atoms with Crippen LogP contribution in [0.15, 0.2) is 30.6 Å². The molecule has 0 aliphatic heterocycles. The fourth-order valence-electron chi connectivity index (χ4n) is 3.13. The molecule has 156 valence electrons. The number of rotatable bonds is 9. The first-order valence-electron chi connectivity index (χ1n) is 9.93. The molecule has 0 unspecified atom stereocenters. The lowest BCUT2D eigenvalue weighted by molar-refractivity contribution is -0.130. The molecule has 2 aromatic rings. The molecule has 30 heavy (non-hydrogen) atoms. The SMILES string of the molecule is C[C@H](Nc1cc(-c2cnc(CC(=O)C3CC3)cn2)ccc1C#N)C(=O)N(C)CCO. The summed E-state index contributed by atoms with van der Waals surface area (Å²) in [5.74, 6) is 0.217. The van der Waals surface area contributed by atoms with Crippen LogP contribution in [0, 0.1) is 17.2 Å². The van der Waals surface area contributed by atoms with Crippen LogP contribution in [0.5, 0.6) is 0 Å². The number of aromatic nitrogens is 2. The summed E-state index contributed by atoms with van der Waals surface area (Å²) in [6, 6.07) is 6.73. The van der Waals surface area contributed by atoms with Gasteiger partial charge in [-0.2, -0.15) is 5.26 Å². The first-order valence-corrected chi connectivity index (χ1v) is 9.93. The number of anilines is 1. The van der Waals surface area contributed by atoms with Crippen LogP contribution in [-0.2, 0) is 16.0 Å². The highest BCUT2D eigenvalue weighted by Gasteiger charge is 2.29. The van der Waals surface area contributed by atoms with E-state index < -0.39 is 6.04 Å². The molecular weight excluding hydrogens is 382 g/mol. The van der Waals surface area contributed by atoms with Crippen LogP contribution >= 0.6 is 0 Å². The molecule has 1 amide bonds. The number of nitrogens with one attached hydrogen (secondary N) is 1. The monoisotopic (exact) mass is 407 g/mol. The molecule has 0 saturated heterocycles. The maximum atomic E-state index is 12.4. The van der Waals surface area contributed by atoms with E-state index in [0.717, 1.165) is 18.4 Å². The predicted molar refractivity (Wildman–Crippen MR) is 111 cm³/mol.